The first-order valence-corrected chi connectivity index (χ1v) is 7.07. The minimum absolute atomic E-state index is 0.0640. The summed E-state index contributed by atoms with van der Waals surface area (Å²) in [5.74, 6) is 0.907. The molecule has 1 saturated carbocycles. The largest absolute Gasteiger partial charge is 0.493 e. The number of amides is 1. The highest BCUT2D eigenvalue weighted by molar-refractivity contribution is 5.84. The fourth-order valence-corrected chi connectivity index (χ4v) is 2.49. The number of carbonyl (C=O) groups is 1. The molecule has 0 radical (unpaired) electrons. The topological polar surface area (TPSA) is 50.4 Å². The van der Waals surface area contributed by atoms with Crippen LogP contribution < -0.4 is 15.4 Å². The summed E-state index contributed by atoms with van der Waals surface area (Å²) < 4.78 is 5.58. The van der Waals surface area contributed by atoms with E-state index < -0.39 is 0 Å². The van der Waals surface area contributed by atoms with E-state index in [-0.39, 0.29) is 11.8 Å². The van der Waals surface area contributed by atoms with Gasteiger partial charge in [-0.3, -0.25) is 4.79 Å². The zero-order valence-corrected chi connectivity index (χ0v) is 11.0. The van der Waals surface area contributed by atoms with E-state index in [0.717, 1.165) is 24.3 Å². The van der Waals surface area contributed by atoms with Crippen molar-refractivity contribution in [1.29, 1.82) is 0 Å². The summed E-state index contributed by atoms with van der Waals surface area (Å²) in [6.45, 7) is 2.19. The van der Waals surface area contributed by atoms with Gasteiger partial charge in [-0.15, -0.1) is 0 Å². The van der Waals surface area contributed by atoms with Gasteiger partial charge in [0.2, 0.25) is 5.91 Å². The predicted molar refractivity (Wildman–Crippen MR) is 73.3 cm³/mol. The minimum atomic E-state index is -0.0640. The van der Waals surface area contributed by atoms with E-state index in [2.05, 4.69) is 10.6 Å². The second kappa shape index (κ2) is 5.61. The summed E-state index contributed by atoms with van der Waals surface area (Å²) >= 11 is 0. The highest BCUT2D eigenvalue weighted by Gasteiger charge is 2.27. The second-order valence-electron chi connectivity index (χ2n) is 5.25. The van der Waals surface area contributed by atoms with Gasteiger partial charge in [0.1, 0.15) is 5.75 Å². The van der Waals surface area contributed by atoms with Gasteiger partial charge in [-0.05, 0) is 25.3 Å². The molecule has 2 N–H and O–H groups in total. The number of benzene rings is 1. The van der Waals surface area contributed by atoms with Gasteiger partial charge in [-0.1, -0.05) is 18.2 Å². The molecule has 4 heteroatoms. The van der Waals surface area contributed by atoms with Crippen LogP contribution in [0.25, 0.3) is 0 Å². The number of ether oxygens (including phenoxy) is 1. The van der Waals surface area contributed by atoms with E-state index in [1.165, 1.54) is 12.8 Å². The predicted octanol–water partition coefficient (Wildman–Crippen LogP) is 1.42. The molecular weight excluding hydrogens is 240 g/mol. The Hall–Kier alpha value is -1.55. The molecule has 0 bridgehead atoms. The van der Waals surface area contributed by atoms with Gasteiger partial charge in [0.25, 0.3) is 0 Å². The number of para-hydroxylation sites is 1. The summed E-state index contributed by atoms with van der Waals surface area (Å²) in [5, 5.41) is 6.41. The summed E-state index contributed by atoms with van der Waals surface area (Å²) in [6.07, 6.45) is 3.32. The first-order chi connectivity index (χ1) is 9.34. The van der Waals surface area contributed by atoms with Gasteiger partial charge < -0.3 is 15.4 Å². The van der Waals surface area contributed by atoms with Crippen molar-refractivity contribution in [2.45, 2.75) is 31.2 Å². The van der Waals surface area contributed by atoms with Crippen LogP contribution in [0.4, 0.5) is 0 Å². The van der Waals surface area contributed by atoms with Crippen molar-refractivity contribution in [2.75, 3.05) is 19.7 Å². The summed E-state index contributed by atoms with van der Waals surface area (Å²) in [4.78, 5) is 12.2. The Labute approximate surface area is 113 Å². The molecule has 3 rings (SSSR count). The molecule has 1 unspecified atom stereocenters. The quantitative estimate of drug-likeness (QED) is 0.787. The molecular formula is C15H20N2O2. The molecule has 1 heterocycles. The molecule has 4 nitrogen and oxygen atoms in total. The van der Waals surface area contributed by atoms with E-state index in [1.54, 1.807) is 0 Å². The maximum absolute atomic E-state index is 12.2. The van der Waals surface area contributed by atoms with Crippen LogP contribution >= 0.6 is 0 Å². The molecule has 1 aliphatic heterocycles. The highest BCUT2D eigenvalue weighted by atomic mass is 16.5. The second-order valence-corrected chi connectivity index (χ2v) is 5.25. The fraction of sp³-hybridized carbons (Fsp3) is 0.533. The lowest BCUT2D eigenvalue weighted by Gasteiger charge is -2.25. The van der Waals surface area contributed by atoms with Gasteiger partial charge in [-0.2, -0.15) is 0 Å². The van der Waals surface area contributed by atoms with Crippen molar-refractivity contribution in [3.8, 4) is 5.75 Å². The minimum Gasteiger partial charge on any atom is -0.493 e. The Kier molecular flexibility index (Phi) is 3.69. The van der Waals surface area contributed by atoms with Gasteiger partial charge in [-0.25, -0.2) is 0 Å². The number of rotatable bonds is 5. The normalized spacial score (nSPS) is 21.4. The Bertz CT molecular complexity index is 457. The number of nitrogens with one attached hydrogen (secondary N) is 2. The molecule has 1 atom stereocenters. The van der Waals surface area contributed by atoms with Crippen LogP contribution in [-0.4, -0.2) is 31.6 Å². The third kappa shape index (κ3) is 3.07. The number of hydrogen-bond donors (Lipinski definition) is 2. The Balaban J connectivity index is 1.54. The summed E-state index contributed by atoms with van der Waals surface area (Å²) in [6, 6.07) is 8.52. The van der Waals surface area contributed by atoms with Crippen LogP contribution in [0.3, 0.4) is 0 Å². The van der Waals surface area contributed by atoms with Gasteiger partial charge in [0.05, 0.1) is 12.5 Å². The molecule has 0 spiro atoms. The van der Waals surface area contributed by atoms with Gasteiger partial charge >= 0.3 is 0 Å². The maximum Gasteiger partial charge on any atom is 0.227 e. The molecule has 1 amide bonds. The van der Waals surface area contributed by atoms with Crippen LogP contribution in [0.2, 0.25) is 0 Å². The van der Waals surface area contributed by atoms with Crippen LogP contribution in [0.1, 0.15) is 30.7 Å². The highest BCUT2D eigenvalue weighted by Crippen LogP contribution is 2.33. The van der Waals surface area contributed by atoms with E-state index in [1.807, 2.05) is 24.3 Å². The smallest absolute Gasteiger partial charge is 0.227 e. The average molecular weight is 260 g/mol. The van der Waals surface area contributed by atoms with Crippen LogP contribution in [0.15, 0.2) is 24.3 Å². The lowest BCUT2D eigenvalue weighted by Crippen LogP contribution is -2.37. The standard InChI is InChI=1S/C15H20N2O2/c18-15(17-9-8-16-11-5-6-11)13-7-10-19-14-4-2-1-3-12(13)14/h1-4,11,13,16H,5-10H2,(H,17,18). The fourth-order valence-electron chi connectivity index (χ4n) is 2.49. The van der Waals surface area contributed by atoms with Crippen molar-refractivity contribution < 1.29 is 9.53 Å². The molecule has 1 aromatic rings. The van der Waals surface area contributed by atoms with Crippen molar-refractivity contribution in [3.63, 3.8) is 0 Å². The molecule has 2 aliphatic rings. The molecule has 0 aromatic heterocycles. The van der Waals surface area contributed by atoms with E-state index >= 15 is 0 Å². The molecule has 102 valence electrons. The van der Waals surface area contributed by atoms with Crippen molar-refractivity contribution in [2.24, 2.45) is 0 Å². The Morgan fingerprint density at radius 2 is 2.05 bits per heavy atom. The Morgan fingerprint density at radius 3 is 2.89 bits per heavy atom. The zero-order valence-electron chi connectivity index (χ0n) is 11.0. The van der Waals surface area contributed by atoms with Gasteiger partial charge in [0, 0.05) is 24.7 Å². The van der Waals surface area contributed by atoms with Crippen molar-refractivity contribution >= 4 is 5.91 Å². The first kappa shape index (κ1) is 12.5. The molecule has 0 saturated heterocycles. The summed E-state index contributed by atoms with van der Waals surface area (Å²) in [7, 11) is 0. The molecule has 1 aromatic carbocycles. The lowest BCUT2D eigenvalue weighted by molar-refractivity contribution is -0.123. The molecule has 19 heavy (non-hydrogen) atoms. The Morgan fingerprint density at radius 1 is 1.21 bits per heavy atom. The van der Waals surface area contributed by atoms with Crippen molar-refractivity contribution in [3.05, 3.63) is 29.8 Å². The zero-order chi connectivity index (χ0) is 13.1. The third-order valence-corrected chi connectivity index (χ3v) is 3.71. The van der Waals surface area contributed by atoms with Crippen molar-refractivity contribution in [1.82, 2.24) is 10.6 Å². The molecule has 1 fully saturated rings. The first-order valence-electron chi connectivity index (χ1n) is 7.07. The monoisotopic (exact) mass is 260 g/mol. The lowest BCUT2D eigenvalue weighted by atomic mass is 9.92. The van der Waals surface area contributed by atoms with E-state index in [0.29, 0.717) is 19.2 Å². The average Bonchev–Trinajstić information content (AvgIpc) is 3.27. The SMILES string of the molecule is O=C(NCCNC1CC1)C1CCOc2ccccc21. The maximum atomic E-state index is 12.2. The number of hydrogen-bond acceptors (Lipinski definition) is 3. The van der Waals surface area contributed by atoms with E-state index in [9.17, 15) is 4.79 Å². The molecule has 1 aliphatic carbocycles. The summed E-state index contributed by atoms with van der Waals surface area (Å²) in [5.41, 5.74) is 1.02. The van der Waals surface area contributed by atoms with Crippen LogP contribution in [-0.2, 0) is 4.79 Å². The van der Waals surface area contributed by atoms with Crippen LogP contribution in [0.5, 0.6) is 5.75 Å². The number of carbonyl (C=O) groups excluding carboxylic acids is 1. The third-order valence-electron chi connectivity index (χ3n) is 3.71. The van der Waals surface area contributed by atoms with E-state index in [4.69, 9.17) is 4.74 Å². The van der Waals surface area contributed by atoms with Crippen LogP contribution in [0, 0.1) is 0 Å². The number of fused-ring (bicyclic) bond motifs is 1. The van der Waals surface area contributed by atoms with Gasteiger partial charge in [0.15, 0.2) is 0 Å².